The molecule has 2 fully saturated rings. The van der Waals surface area contributed by atoms with E-state index >= 15 is 4.39 Å². The van der Waals surface area contributed by atoms with Crippen molar-refractivity contribution in [1.29, 1.82) is 0 Å². The molecule has 0 aliphatic carbocycles. The van der Waals surface area contributed by atoms with Crippen molar-refractivity contribution in [3.63, 3.8) is 0 Å². The van der Waals surface area contributed by atoms with Crippen LogP contribution in [0, 0.1) is 17.7 Å². The largest absolute Gasteiger partial charge is 0.497 e. The summed E-state index contributed by atoms with van der Waals surface area (Å²) in [7, 11) is 5.08. The number of rotatable bonds is 48. The average Bonchev–Trinajstić information content (AvgIpc) is 1.62. The third-order valence-corrected chi connectivity index (χ3v) is 18.5. The van der Waals surface area contributed by atoms with Crippen molar-refractivity contribution < 1.29 is 106 Å². The van der Waals surface area contributed by atoms with Crippen molar-refractivity contribution in [2.24, 2.45) is 44.8 Å². The van der Waals surface area contributed by atoms with Crippen molar-refractivity contribution in [3.8, 4) is 5.75 Å². The Bertz CT molecular complexity index is 4050. The molecule has 642 valence electrons. The number of methoxy groups -OCH3 is 1. The maximum atomic E-state index is 15.1. The van der Waals surface area contributed by atoms with Gasteiger partial charge in [0.15, 0.2) is 53.0 Å². The number of nitrogens with one attached hydrogen (secondary N) is 7. The topological polar surface area (TPSA) is 630 Å². The van der Waals surface area contributed by atoms with Crippen LogP contribution in [0.25, 0.3) is 11.2 Å². The molecule has 7 amide bonds. The summed E-state index contributed by atoms with van der Waals surface area (Å²) in [6.45, 7) is 4.39. The molecule has 2 saturated heterocycles. The number of aliphatic hydroxyl groups is 5. The van der Waals surface area contributed by atoms with Gasteiger partial charge in [0.1, 0.15) is 72.3 Å². The Kier molecular flexibility index (Phi) is 40.4. The van der Waals surface area contributed by atoms with Gasteiger partial charge in [0.05, 0.1) is 78.0 Å². The summed E-state index contributed by atoms with van der Waals surface area (Å²) >= 11 is 0. The highest BCUT2D eigenvalue weighted by atomic mass is 19.1. The molecule has 20 N–H and O–H groups in total. The number of aromatic nitrogens is 6. The molecular formula is C73H111FN20O22. The SMILES string of the molecule is CCOC(=O)CC(CCCN=C(N)N)C(=O)NCC(=O)NC(CCCCCC(C)=O)C(=O)NC(Cc1ccc(OC)cc1)C(=O)NC1[C@@H](CO)O[C@@H](n2cnc3c(N(C)C)ncnc32)[C@H]1O.CCOC(=O)CC(CCCN=C(N)N)C(=O)NCC(=O)NC(CCCCCC(C)=O)C(=O)Nc1nc(=O)n([C@@H]2O[C@H](CO)C(O)[C@@H]2O)cc1F. The first-order chi connectivity index (χ1) is 55.2. The summed E-state index contributed by atoms with van der Waals surface area (Å²) < 4.78 is 43.7. The zero-order chi connectivity index (χ0) is 85.7. The molecule has 0 radical (unpaired) electrons. The fourth-order valence-electron chi connectivity index (χ4n) is 12.5. The number of carbonyl (C=O) groups is 11. The lowest BCUT2D eigenvalue weighted by molar-refractivity contribution is -0.147. The number of benzene rings is 1. The Balaban J connectivity index is 0.000000431. The van der Waals surface area contributed by atoms with E-state index in [1.807, 2.05) is 0 Å². The van der Waals surface area contributed by atoms with E-state index in [0.717, 1.165) is 0 Å². The van der Waals surface area contributed by atoms with Gasteiger partial charge in [-0.05, 0) is 96.8 Å². The Morgan fingerprint density at radius 2 is 1.14 bits per heavy atom. The summed E-state index contributed by atoms with van der Waals surface area (Å²) in [5.74, 6) is -9.32. The number of esters is 2. The zero-order valence-corrected chi connectivity index (χ0v) is 66.1. The van der Waals surface area contributed by atoms with Gasteiger partial charge in [0.25, 0.3) is 0 Å². The van der Waals surface area contributed by atoms with Crippen LogP contribution >= 0.6 is 0 Å². The summed E-state index contributed by atoms with van der Waals surface area (Å²) in [6.07, 6.45) is -2.10. The number of aliphatic imine (C=N–C) groups is 2. The van der Waals surface area contributed by atoms with E-state index in [4.69, 9.17) is 46.6 Å². The summed E-state index contributed by atoms with van der Waals surface area (Å²) in [4.78, 5) is 180. The van der Waals surface area contributed by atoms with Crippen molar-refractivity contribution in [2.75, 3.05) is 84.0 Å². The van der Waals surface area contributed by atoms with Crippen LogP contribution in [0.3, 0.4) is 0 Å². The van der Waals surface area contributed by atoms with E-state index in [0.29, 0.717) is 103 Å². The summed E-state index contributed by atoms with van der Waals surface area (Å²) in [6, 6.07) is 1.84. The lowest BCUT2D eigenvalue weighted by Crippen LogP contribution is -2.58. The third kappa shape index (κ3) is 31.0. The molecule has 5 heterocycles. The van der Waals surface area contributed by atoms with E-state index in [9.17, 15) is 83.1 Å². The van der Waals surface area contributed by atoms with Gasteiger partial charge in [-0.1, -0.05) is 37.8 Å². The molecule has 42 nitrogen and oxygen atoms in total. The first-order valence-electron chi connectivity index (χ1n) is 38.0. The molecule has 0 bridgehead atoms. The van der Waals surface area contributed by atoms with Gasteiger partial charge in [-0.3, -0.25) is 62.3 Å². The monoisotopic (exact) mass is 1640 g/mol. The van der Waals surface area contributed by atoms with Gasteiger partial charge < -0.3 is 124 Å². The minimum absolute atomic E-state index is 0.0107. The number of halogens is 1. The standard InChI is InChI=1S/C43H64N12O11.C30H47FN8O11/c1-6-65-33(59)20-27(12-10-18-46-43(44)45)39(61)47-21-32(58)51-29(13-9-7-8-11-25(2)57)40(62)52-30(19-26-14-16-28(64-5)17-15-26)41(63)53-34-31(22-56)66-42(36(34)60)55-24-50-35-37(54(3)4)48-23-49-38(35)55;1-3-49-22(43)12-17(9-7-11-34-29(32)33)26(46)35-13-21(42)36-19(10-6-4-5-8-16(2)41)27(47)37-25-18(31)14-39(30(48)38-25)28-24(45)23(44)20(15-40)50-28/h14-17,23-24,27,29-31,34,36,42,56,60H,6-13,18-22H2,1-5H3,(H,47,61)(H,51,58)(H,52,62)(H,53,63)(H4,44,45,46);14,17,19-20,23-24,28,40,44-45H,3-13,15H2,1-2H3,(H,35,46)(H,36,42)(H4,32,33,34)(H,37,38,47,48)/t27?,29?,30?,31-,34?,36+,42-;17?,19?,20-,23?,24+,28-/m11/s1. The minimum atomic E-state index is -1.69. The quantitative estimate of drug-likeness (QED) is 0.00897. The number of hydrogen-bond donors (Lipinski definition) is 16. The van der Waals surface area contributed by atoms with Crippen LogP contribution in [-0.2, 0) is 78.1 Å². The van der Waals surface area contributed by atoms with Crippen LogP contribution in [0.5, 0.6) is 5.75 Å². The number of carbonyl (C=O) groups excluding carboxylic acids is 11. The Labute approximate surface area is 668 Å². The smallest absolute Gasteiger partial charge is 0.351 e. The van der Waals surface area contributed by atoms with E-state index in [1.165, 1.54) is 38.2 Å². The summed E-state index contributed by atoms with van der Waals surface area (Å²) in [5.41, 5.74) is 21.7. The van der Waals surface area contributed by atoms with Crippen LogP contribution in [0.4, 0.5) is 16.0 Å². The first kappa shape index (κ1) is 95.6. The maximum absolute atomic E-state index is 15.1. The number of Topliss-reactive ketones (excluding diaryl/α,β-unsaturated/α-hetero) is 2. The molecule has 116 heavy (non-hydrogen) atoms. The summed E-state index contributed by atoms with van der Waals surface area (Å²) in [5, 5.41) is 69.3. The maximum Gasteiger partial charge on any atom is 0.351 e. The predicted molar refractivity (Wildman–Crippen MR) is 414 cm³/mol. The van der Waals surface area contributed by atoms with E-state index in [2.05, 4.69) is 67.1 Å². The molecule has 3 aromatic heterocycles. The second kappa shape index (κ2) is 49.0. The van der Waals surface area contributed by atoms with Gasteiger partial charge in [-0.25, -0.2) is 24.1 Å². The Morgan fingerprint density at radius 3 is 1.62 bits per heavy atom. The molecule has 43 heteroatoms. The molecule has 6 rings (SSSR count). The molecular weight excluding hydrogens is 1530 g/mol. The van der Waals surface area contributed by atoms with Crippen molar-refractivity contribution in [2.45, 2.75) is 204 Å². The Morgan fingerprint density at radius 1 is 0.621 bits per heavy atom. The number of guanidine groups is 2. The molecule has 2 aliphatic heterocycles. The first-order valence-corrected chi connectivity index (χ1v) is 38.0. The highest BCUT2D eigenvalue weighted by Gasteiger charge is 2.47. The van der Waals surface area contributed by atoms with Crippen LogP contribution in [0.15, 0.2) is 57.9 Å². The number of nitrogens with zero attached hydrogens (tertiary/aromatic N) is 9. The van der Waals surface area contributed by atoms with E-state index in [-0.39, 0.29) is 94.7 Å². The number of imidazole rings is 1. The van der Waals surface area contributed by atoms with Crippen LogP contribution in [-0.4, -0.2) is 260 Å². The van der Waals surface area contributed by atoms with E-state index < -0.39 is 176 Å². The lowest BCUT2D eigenvalue weighted by Gasteiger charge is -2.27. The van der Waals surface area contributed by atoms with Gasteiger partial charge in [-0.2, -0.15) is 4.98 Å². The van der Waals surface area contributed by atoms with Crippen LogP contribution < -0.4 is 75.5 Å². The number of unbranched alkanes of at least 4 members (excludes halogenated alkanes) is 4. The highest BCUT2D eigenvalue weighted by Crippen LogP contribution is 2.34. The van der Waals surface area contributed by atoms with Crippen LogP contribution in [0.1, 0.15) is 148 Å². The fraction of sp³-hybridized carbons (Fsp3) is 0.616. The number of amides is 7. The van der Waals surface area contributed by atoms with Crippen molar-refractivity contribution in [1.82, 2.24) is 61.0 Å². The normalized spacial score (nSPS) is 18.7. The molecule has 4 aromatic rings. The van der Waals surface area contributed by atoms with Crippen LogP contribution in [0.2, 0.25) is 0 Å². The van der Waals surface area contributed by atoms with Gasteiger partial charge >= 0.3 is 17.6 Å². The number of ketones is 2. The molecule has 7 unspecified atom stereocenters. The zero-order valence-electron chi connectivity index (χ0n) is 66.1. The number of ether oxygens (including phenoxy) is 5. The highest BCUT2D eigenvalue weighted by molar-refractivity contribution is 5.98. The minimum Gasteiger partial charge on any atom is -0.497 e. The number of nitrogens with two attached hydrogens (primary N) is 4. The second-order valence-electron chi connectivity index (χ2n) is 27.7. The number of hydrogen-bond acceptors (Lipinski definition) is 29. The van der Waals surface area contributed by atoms with Gasteiger partial charge in [0, 0.05) is 58.3 Å². The third-order valence-electron chi connectivity index (χ3n) is 18.5. The molecule has 0 spiro atoms. The average molecular weight is 1640 g/mol. The molecule has 0 saturated carbocycles. The predicted octanol–water partition coefficient (Wildman–Crippen LogP) is -3.18. The number of anilines is 2. The molecule has 2 aliphatic rings. The van der Waals surface area contributed by atoms with Crippen molar-refractivity contribution >= 4 is 99.6 Å². The fourth-order valence-corrected chi connectivity index (χ4v) is 12.5. The van der Waals surface area contributed by atoms with E-state index in [1.54, 1.807) is 57.1 Å². The van der Waals surface area contributed by atoms with Gasteiger partial charge in [-0.15, -0.1) is 0 Å². The van der Waals surface area contributed by atoms with Crippen molar-refractivity contribution in [3.05, 3.63) is 65.0 Å². The second-order valence-corrected chi connectivity index (χ2v) is 27.7. The number of fused-ring (bicyclic) bond motifs is 1. The van der Waals surface area contributed by atoms with Gasteiger partial charge in [0.2, 0.25) is 41.4 Å². The molecule has 1 aromatic carbocycles. The number of aliphatic hydroxyl groups excluding tert-OH is 5. The molecule has 13 atom stereocenters. The Hall–Kier alpha value is -11.0. The lowest BCUT2D eigenvalue weighted by atomic mass is 9.98.